The van der Waals surface area contributed by atoms with E-state index in [-0.39, 0.29) is 23.8 Å². The summed E-state index contributed by atoms with van der Waals surface area (Å²) in [4.78, 5) is 32.9. The van der Waals surface area contributed by atoms with Crippen LogP contribution in [0.3, 0.4) is 0 Å². The summed E-state index contributed by atoms with van der Waals surface area (Å²) in [6, 6.07) is 17.5. The number of nitrogens with zero attached hydrogens (tertiary/aromatic N) is 1. The quantitative estimate of drug-likeness (QED) is 0.385. The van der Waals surface area contributed by atoms with E-state index in [2.05, 4.69) is 27.8 Å². The monoisotopic (exact) mass is 473 g/mol. The molecule has 0 saturated heterocycles. The number of hydrogen-bond donors (Lipinski definition) is 4. The number of aromatic amines is 1. The summed E-state index contributed by atoms with van der Waals surface area (Å²) in [5.74, 6) is 1.29. The summed E-state index contributed by atoms with van der Waals surface area (Å²) < 4.78 is 0. The van der Waals surface area contributed by atoms with E-state index in [1.807, 2.05) is 49.4 Å². The molecule has 0 spiro atoms. The first-order valence-electron chi connectivity index (χ1n) is 12.4. The van der Waals surface area contributed by atoms with E-state index >= 15 is 0 Å². The summed E-state index contributed by atoms with van der Waals surface area (Å²) >= 11 is 0. The Morgan fingerprint density at radius 1 is 1.06 bits per heavy atom. The number of rotatable bonds is 8. The number of aryl methyl sites for hydroxylation is 1. The molecule has 1 fully saturated rings. The van der Waals surface area contributed by atoms with Crippen LogP contribution in [0.4, 0.5) is 5.69 Å². The van der Waals surface area contributed by atoms with Crippen LogP contribution in [0.15, 0.2) is 54.6 Å². The molecular weight excluding hydrogens is 438 g/mol. The van der Waals surface area contributed by atoms with Crippen LogP contribution in [0, 0.1) is 18.8 Å². The van der Waals surface area contributed by atoms with Gasteiger partial charge in [0.05, 0.1) is 11.7 Å². The van der Waals surface area contributed by atoms with Crippen molar-refractivity contribution in [3.63, 3.8) is 0 Å². The number of imidazole rings is 1. The first kappa shape index (κ1) is 24.7. The third kappa shape index (κ3) is 6.36. The van der Waals surface area contributed by atoms with Gasteiger partial charge in [-0.05, 0) is 69.2 Å². The molecule has 5 N–H and O–H groups in total. The van der Waals surface area contributed by atoms with Gasteiger partial charge in [0.25, 0.3) is 0 Å². The van der Waals surface area contributed by atoms with E-state index in [0.717, 1.165) is 59.7 Å². The van der Waals surface area contributed by atoms with Crippen molar-refractivity contribution >= 4 is 17.5 Å². The fourth-order valence-corrected chi connectivity index (χ4v) is 4.86. The molecule has 1 heterocycles. The number of hydrogen-bond acceptors (Lipinski definition) is 4. The highest BCUT2D eigenvalue weighted by Crippen LogP contribution is 2.30. The molecule has 1 atom stereocenters. The van der Waals surface area contributed by atoms with Crippen molar-refractivity contribution in [1.29, 1.82) is 0 Å². The summed E-state index contributed by atoms with van der Waals surface area (Å²) in [6.07, 6.45) is 4.44. The second-order valence-corrected chi connectivity index (χ2v) is 9.56. The van der Waals surface area contributed by atoms with Gasteiger partial charge in [-0.2, -0.15) is 0 Å². The molecule has 1 unspecified atom stereocenters. The van der Waals surface area contributed by atoms with E-state index in [1.165, 1.54) is 6.92 Å². The van der Waals surface area contributed by atoms with Gasteiger partial charge in [-0.3, -0.25) is 9.59 Å². The molecular formula is C28H35N5O2. The van der Waals surface area contributed by atoms with Crippen molar-refractivity contribution in [2.24, 2.45) is 17.6 Å². The topological polar surface area (TPSA) is 113 Å². The lowest BCUT2D eigenvalue weighted by atomic mass is 9.81. The van der Waals surface area contributed by atoms with Crippen LogP contribution >= 0.6 is 0 Å². The molecule has 1 aromatic heterocycles. The van der Waals surface area contributed by atoms with Crippen LogP contribution in [0.1, 0.15) is 55.7 Å². The van der Waals surface area contributed by atoms with Crippen LogP contribution in [-0.2, 0) is 16.0 Å². The van der Waals surface area contributed by atoms with Crippen molar-refractivity contribution in [3.05, 3.63) is 71.7 Å². The maximum absolute atomic E-state index is 13.2. The van der Waals surface area contributed by atoms with Gasteiger partial charge in [0, 0.05) is 29.8 Å². The Balaban J connectivity index is 1.55. The highest BCUT2D eigenvalue weighted by atomic mass is 16.2. The molecule has 4 rings (SSSR count). The predicted octanol–water partition coefficient (Wildman–Crippen LogP) is 4.51. The minimum atomic E-state index is -0.261. The first-order valence-corrected chi connectivity index (χ1v) is 12.4. The second kappa shape index (κ2) is 11.3. The molecule has 7 heteroatoms. The average molecular weight is 474 g/mol. The number of carbonyl (C=O) groups excluding carboxylic acids is 2. The number of anilines is 1. The smallest absolute Gasteiger partial charge is 0.223 e. The van der Waals surface area contributed by atoms with E-state index < -0.39 is 0 Å². The van der Waals surface area contributed by atoms with Gasteiger partial charge < -0.3 is 21.4 Å². The van der Waals surface area contributed by atoms with E-state index in [4.69, 9.17) is 10.7 Å². The van der Waals surface area contributed by atoms with E-state index in [0.29, 0.717) is 18.9 Å². The van der Waals surface area contributed by atoms with E-state index in [9.17, 15) is 9.59 Å². The van der Waals surface area contributed by atoms with Gasteiger partial charge in [-0.15, -0.1) is 0 Å². The van der Waals surface area contributed by atoms with Gasteiger partial charge in [0.2, 0.25) is 11.8 Å². The van der Waals surface area contributed by atoms with Crippen LogP contribution < -0.4 is 16.4 Å². The molecule has 7 nitrogen and oxygen atoms in total. The van der Waals surface area contributed by atoms with Gasteiger partial charge in [0.1, 0.15) is 5.82 Å². The second-order valence-electron chi connectivity index (χ2n) is 9.56. The summed E-state index contributed by atoms with van der Waals surface area (Å²) in [7, 11) is 0. The molecule has 184 valence electrons. The Labute approximate surface area is 206 Å². The van der Waals surface area contributed by atoms with Crippen molar-refractivity contribution < 1.29 is 9.59 Å². The maximum Gasteiger partial charge on any atom is 0.223 e. The summed E-state index contributed by atoms with van der Waals surface area (Å²) in [6.45, 7) is 4.18. The van der Waals surface area contributed by atoms with E-state index in [1.54, 1.807) is 0 Å². The molecule has 2 amide bonds. The zero-order chi connectivity index (χ0) is 24.8. The largest absolute Gasteiger partial charge is 0.346 e. The van der Waals surface area contributed by atoms with Crippen LogP contribution in [0.5, 0.6) is 0 Å². The lowest BCUT2D eigenvalue weighted by Crippen LogP contribution is -2.37. The van der Waals surface area contributed by atoms with Gasteiger partial charge in [0.15, 0.2) is 0 Å². The molecule has 1 aliphatic carbocycles. The zero-order valence-electron chi connectivity index (χ0n) is 20.5. The van der Waals surface area contributed by atoms with Crippen molar-refractivity contribution in [2.75, 3.05) is 11.9 Å². The lowest BCUT2D eigenvalue weighted by Gasteiger charge is -2.28. The molecule has 3 aromatic rings. The Hall–Kier alpha value is -3.45. The standard InChI is InChI=1S/C28H35N5O2/c1-18-26(22-12-14-24(15-13-22)31-19(2)34)33-27(30-18)25(16-20-6-4-3-5-7-20)32-28(35)23-10-8-21(17-29)9-11-23/h3-7,12-15,21,23,25H,8-11,16-17,29H2,1-2H3,(H,30,33)(H,31,34)(H,32,35). The van der Waals surface area contributed by atoms with Gasteiger partial charge >= 0.3 is 0 Å². The number of carbonyl (C=O) groups is 2. The highest BCUT2D eigenvalue weighted by molar-refractivity contribution is 5.89. The van der Waals surface area contributed by atoms with Gasteiger partial charge in [-0.1, -0.05) is 42.5 Å². The fraction of sp³-hybridized carbons (Fsp3) is 0.393. The molecule has 1 aliphatic rings. The molecule has 0 aliphatic heterocycles. The van der Waals surface area contributed by atoms with Gasteiger partial charge in [-0.25, -0.2) is 4.98 Å². The SMILES string of the molecule is CC(=O)Nc1ccc(-c2nc(C(Cc3ccccc3)NC(=O)C3CCC(CN)CC3)[nH]c2C)cc1. The number of nitrogens with two attached hydrogens (primary N) is 1. The normalized spacial score (nSPS) is 18.6. The number of amides is 2. The summed E-state index contributed by atoms with van der Waals surface area (Å²) in [5, 5.41) is 6.08. The highest BCUT2D eigenvalue weighted by Gasteiger charge is 2.28. The molecule has 1 saturated carbocycles. The molecule has 35 heavy (non-hydrogen) atoms. The fourth-order valence-electron chi connectivity index (χ4n) is 4.86. The Kier molecular flexibility index (Phi) is 7.98. The maximum atomic E-state index is 13.2. The van der Waals surface area contributed by atoms with Crippen molar-refractivity contribution in [1.82, 2.24) is 15.3 Å². The van der Waals surface area contributed by atoms with Crippen molar-refractivity contribution in [3.8, 4) is 11.3 Å². The lowest BCUT2D eigenvalue weighted by molar-refractivity contribution is -0.127. The van der Waals surface area contributed by atoms with Crippen LogP contribution in [0.2, 0.25) is 0 Å². The minimum absolute atomic E-state index is 0.0212. The Bertz CT molecular complexity index is 1130. The number of nitrogens with one attached hydrogen (secondary N) is 3. The van der Waals surface area contributed by atoms with Crippen LogP contribution in [-0.4, -0.2) is 28.3 Å². The van der Waals surface area contributed by atoms with Crippen molar-refractivity contribution in [2.45, 2.75) is 52.0 Å². The third-order valence-corrected chi connectivity index (χ3v) is 6.86. The third-order valence-electron chi connectivity index (χ3n) is 6.86. The van der Waals surface area contributed by atoms with Crippen LogP contribution in [0.25, 0.3) is 11.3 Å². The average Bonchev–Trinajstić information content (AvgIpc) is 3.26. The number of benzene rings is 2. The molecule has 0 radical (unpaired) electrons. The zero-order valence-corrected chi connectivity index (χ0v) is 20.5. The Morgan fingerprint density at radius 2 is 1.74 bits per heavy atom. The molecule has 2 aromatic carbocycles. The first-order chi connectivity index (χ1) is 16.9. The predicted molar refractivity (Wildman–Crippen MR) is 139 cm³/mol. The minimum Gasteiger partial charge on any atom is -0.346 e. The Morgan fingerprint density at radius 3 is 2.37 bits per heavy atom. The molecule has 0 bridgehead atoms. The number of aromatic nitrogens is 2. The number of H-pyrrole nitrogens is 1. The summed E-state index contributed by atoms with van der Waals surface area (Å²) in [5.41, 5.74) is 10.4.